The number of carbonyl (C=O) groups is 1. The van der Waals surface area contributed by atoms with Gasteiger partial charge in [0, 0.05) is 26.1 Å². The molecule has 3 N–H and O–H groups in total. The highest BCUT2D eigenvalue weighted by Gasteiger charge is 2.29. The fourth-order valence-corrected chi connectivity index (χ4v) is 2.89. The quantitative estimate of drug-likeness (QED) is 0.804. The molecule has 2 atom stereocenters. The number of nitrogens with zero attached hydrogens (tertiary/aromatic N) is 4. The van der Waals surface area contributed by atoms with Gasteiger partial charge in [0.2, 0.25) is 17.8 Å². The first-order valence-electron chi connectivity index (χ1n) is 8.37. The van der Waals surface area contributed by atoms with Crippen molar-refractivity contribution in [3.8, 4) is 0 Å². The number of nitrogens with two attached hydrogens (primary N) is 1. The molecule has 7 nitrogen and oxygen atoms in total. The Kier molecular flexibility index (Phi) is 5.74. The molecular weight excluding hydrogens is 292 g/mol. The largest absolute Gasteiger partial charge is 0.369 e. The Labute approximate surface area is 138 Å². The van der Waals surface area contributed by atoms with Crippen molar-refractivity contribution in [3.05, 3.63) is 5.82 Å². The van der Waals surface area contributed by atoms with E-state index in [2.05, 4.69) is 34.1 Å². The van der Waals surface area contributed by atoms with Gasteiger partial charge in [-0.05, 0) is 12.8 Å². The lowest BCUT2D eigenvalue weighted by molar-refractivity contribution is -0.122. The third kappa shape index (κ3) is 4.53. The fourth-order valence-electron chi connectivity index (χ4n) is 2.89. The van der Waals surface area contributed by atoms with Gasteiger partial charge in [-0.2, -0.15) is 15.0 Å². The average Bonchev–Trinajstić information content (AvgIpc) is 2.72. The first kappa shape index (κ1) is 17.4. The minimum Gasteiger partial charge on any atom is -0.369 e. The average molecular weight is 320 g/mol. The molecule has 1 saturated carbocycles. The summed E-state index contributed by atoms with van der Waals surface area (Å²) >= 11 is 0. The van der Waals surface area contributed by atoms with Crippen LogP contribution in [0, 0.1) is 5.92 Å². The Morgan fingerprint density at radius 2 is 1.87 bits per heavy atom. The number of primary amides is 1. The molecule has 1 aromatic rings. The Morgan fingerprint density at radius 3 is 2.48 bits per heavy atom. The number of nitrogens with one attached hydrogen (secondary N) is 1. The van der Waals surface area contributed by atoms with Crippen LogP contribution in [0.15, 0.2) is 0 Å². The number of hydrogen-bond acceptors (Lipinski definition) is 6. The van der Waals surface area contributed by atoms with Crippen LogP contribution in [-0.4, -0.2) is 41.0 Å². The molecule has 0 spiro atoms. The molecule has 23 heavy (non-hydrogen) atoms. The highest BCUT2D eigenvalue weighted by atomic mass is 16.1. The van der Waals surface area contributed by atoms with Gasteiger partial charge in [-0.25, -0.2) is 0 Å². The van der Waals surface area contributed by atoms with E-state index in [4.69, 9.17) is 5.73 Å². The summed E-state index contributed by atoms with van der Waals surface area (Å²) in [5.41, 5.74) is 5.60. The van der Waals surface area contributed by atoms with Gasteiger partial charge in [0.1, 0.15) is 5.82 Å². The zero-order chi connectivity index (χ0) is 17.0. The van der Waals surface area contributed by atoms with Gasteiger partial charge in [-0.15, -0.1) is 0 Å². The lowest BCUT2D eigenvalue weighted by atomic mass is 9.94. The van der Waals surface area contributed by atoms with E-state index in [1.165, 1.54) is 0 Å². The monoisotopic (exact) mass is 320 g/mol. The summed E-state index contributed by atoms with van der Waals surface area (Å²) < 4.78 is 0. The van der Waals surface area contributed by atoms with E-state index in [9.17, 15) is 4.79 Å². The molecule has 0 saturated heterocycles. The van der Waals surface area contributed by atoms with E-state index >= 15 is 0 Å². The van der Waals surface area contributed by atoms with Crippen LogP contribution in [0.2, 0.25) is 0 Å². The summed E-state index contributed by atoms with van der Waals surface area (Å²) in [7, 11) is 3.81. The maximum absolute atomic E-state index is 11.8. The van der Waals surface area contributed by atoms with Crippen molar-refractivity contribution in [1.29, 1.82) is 0 Å². The van der Waals surface area contributed by atoms with Crippen molar-refractivity contribution in [2.45, 2.75) is 57.9 Å². The van der Waals surface area contributed by atoms with E-state index in [-0.39, 0.29) is 23.8 Å². The van der Waals surface area contributed by atoms with Crippen molar-refractivity contribution in [3.63, 3.8) is 0 Å². The fraction of sp³-hybridized carbons (Fsp3) is 0.750. The molecule has 1 aromatic heterocycles. The normalized spacial score (nSPS) is 21.8. The minimum atomic E-state index is -0.240. The van der Waals surface area contributed by atoms with E-state index in [0.717, 1.165) is 37.9 Å². The van der Waals surface area contributed by atoms with Crippen molar-refractivity contribution in [2.75, 3.05) is 24.3 Å². The van der Waals surface area contributed by atoms with E-state index in [1.54, 1.807) is 0 Å². The van der Waals surface area contributed by atoms with Gasteiger partial charge in [-0.1, -0.05) is 33.1 Å². The topological polar surface area (TPSA) is 97.0 Å². The van der Waals surface area contributed by atoms with Gasteiger partial charge in [0.15, 0.2) is 0 Å². The molecule has 2 rings (SSSR count). The SMILES string of the molecule is CC(C)c1nc(N[C@@H]2CCCCC[C@@H]2C(N)=O)nc(N(C)C)n1. The summed E-state index contributed by atoms with van der Waals surface area (Å²) in [6, 6.07) is -0.00701. The Hall–Kier alpha value is -1.92. The van der Waals surface area contributed by atoms with Gasteiger partial charge in [-0.3, -0.25) is 4.79 Å². The van der Waals surface area contributed by atoms with Crippen LogP contribution in [0.3, 0.4) is 0 Å². The number of rotatable bonds is 5. The summed E-state index contributed by atoms with van der Waals surface area (Å²) in [6.45, 7) is 4.10. The minimum absolute atomic E-state index is 0.00701. The van der Waals surface area contributed by atoms with Crippen LogP contribution in [0.5, 0.6) is 0 Å². The van der Waals surface area contributed by atoms with E-state index in [1.807, 2.05) is 19.0 Å². The van der Waals surface area contributed by atoms with E-state index in [0.29, 0.717) is 11.9 Å². The molecule has 128 valence electrons. The van der Waals surface area contributed by atoms with Crippen LogP contribution >= 0.6 is 0 Å². The van der Waals surface area contributed by atoms with Crippen LogP contribution in [0.4, 0.5) is 11.9 Å². The van der Waals surface area contributed by atoms with Crippen LogP contribution < -0.4 is 16.0 Å². The van der Waals surface area contributed by atoms with Crippen molar-refractivity contribution in [1.82, 2.24) is 15.0 Å². The maximum Gasteiger partial charge on any atom is 0.229 e. The molecule has 7 heteroatoms. The predicted octanol–water partition coefficient (Wildman–Crippen LogP) is 1.91. The first-order valence-corrected chi connectivity index (χ1v) is 8.37. The second kappa shape index (κ2) is 7.57. The second-order valence-corrected chi connectivity index (χ2v) is 6.76. The summed E-state index contributed by atoms with van der Waals surface area (Å²) in [4.78, 5) is 27.1. The zero-order valence-electron chi connectivity index (χ0n) is 14.5. The van der Waals surface area contributed by atoms with Crippen LogP contribution in [0.25, 0.3) is 0 Å². The maximum atomic E-state index is 11.8. The summed E-state index contributed by atoms with van der Waals surface area (Å²) in [5, 5.41) is 3.35. The number of hydrogen-bond donors (Lipinski definition) is 2. The molecule has 0 aromatic carbocycles. The van der Waals surface area contributed by atoms with Crippen LogP contribution in [0.1, 0.15) is 57.7 Å². The van der Waals surface area contributed by atoms with Crippen molar-refractivity contribution in [2.24, 2.45) is 11.7 Å². The number of anilines is 2. The number of carbonyl (C=O) groups excluding carboxylic acids is 1. The molecule has 1 heterocycles. The molecule has 1 aliphatic rings. The van der Waals surface area contributed by atoms with Gasteiger partial charge in [0.25, 0.3) is 0 Å². The molecule has 0 aliphatic heterocycles. The predicted molar refractivity (Wildman–Crippen MR) is 91.4 cm³/mol. The molecule has 1 amide bonds. The highest BCUT2D eigenvalue weighted by Crippen LogP contribution is 2.26. The first-order chi connectivity index (χ1) is 10.9. The third-order valence-electron chi connectivity index (χ3n) is 4.25. The molecule has 0 unspecified atom stereocenters. The highest BCUT2D eigenvalue weighted by molar-refractivity contribution is 5.77. The lowest BCUT2D eigenvalue weighted by Gasteiger charge is -2.24. The number of amides is 1. The molecule has 1 fully saturated rings. The van der Waals surface area contributed by atoms with E-state index < -0.39 is 0 Å². The Morgan fingerprint density at radius 1 is 1.17 bits per heavy atom. The van der Waals surface area contributed by atoms with Gasteiger partial charge in [0.05, 0.1) is 5.92 Å². The van der Waals surface area contributed by atoms with Gasteiger partial charge < -0.3 is 16.0 Å². The smallest absolute Gasteiger partial charge is 0.229 e. The van der Waals surface area contributed by atoms with Crippen molar-refractivity contribution >= 4 is 17.8 Å². The number of aromatic nitrogens is 3. The second-order valence-electron chi connectivity index (χ2n) is 6.76. The van der Waals surface area contributed by atoms with Crippen LogP contribution in [-0.2, 0) is 4.79 Å². The molecular formula is C16H28N6O. The standard InChI is InChI=1S/C16H28N6O/c1-10(2)14-19-15(21-16(20-14)22(3)4)18-12-9-7-5-6-8-11(12)13(17)23/h10-12H,5-9H2,1-4H3,(H2,17,23)(H,18,19,20,21)/t11-,12+/m0/s1. The molecule has 0 bridgehead atoms. The third-order valence-corrected chi connectivity index (χ3v) is 4.25. The lowest BCUT2D eigenvalue weighted by Crippen LogP contribution is -2.38. The van der Waals surface area contributed by atoms with Crippen molar-refractivity contribution < 1.29 is 4.79 Å². The Bertz CT molecular complexity index is 519. The van der Waals surface area contributed by atoms with Gasteiger partial charge >= 0.3 is 0 Å². The zero-order valence-corrected chi connectivity index (χ0v) is 14.5. The Balaban J connectivity index is 2.27. The summed E-state index contributed by atoms with van der Waals surface area (Å²) in [5.74, 6) is 1.70. The molecule has 0 radical (unpaired) electrons. The summed E-state index contributed by atoms with van der Waals surface area (Å²) in [6.07, 6.45) is 5.01. The molecule has 1 aliphatic carbocycles.